The van der Waals surface area contributed by atoms with Gasteiger partial charge < -0.3 is 15.4 Å². The molecule has 32 heavy (non-hydrogen) atoms. The molecule has 1 aliphatic rings. The van der Waals surface area contributed by atoms with Gasteiger partial charge in [-0.3, -0.25) is 9.05 Å². The standard InChI is InChI=1S/C25H36NO5P/c1-2-3-4-5-6-9-22-10-7-12-24(18-22)31-23-15-13-21(14-16-23)11-8-17-25(26)19-29-32(27,28)30-20-25/h7,10,12-16,18H,2-6,8-9,11,17,19-20,26H2,1H3,(H,27,28). The molecule has 0 bridgehead atoms. The predicted octanol–water partition coefficient (Wildman–Crippen LogP) is 6.16. The second-order valence-electron chi connectivity index (χ2n) is 8.79. The number of hydrogen-bond acceptors (Lipinski definition) is 5. The first kappa shape index (κ1) is 24.9. The van der Waals surface area contributed by atoms with Gasteiger partial charge >= 0.3 is 7.82 Å². The van der Waals surface area contributed by atoms with Crippen molar-refractivity contribution in [2.75, 3.05) is 13.2 Å². The van der Waals surface area contributed by atoms with Gasteiger partial charge in [-0.2, -0.15) is 0 Å². The number of phosphoric acid groups is 1. The highest BCUT2D eigenvalue weighted by atomic mass is 31.2. The minimum absolute atomic E-state index is 0.0331. The van der Waals surface area contributed by atoms with Crippen LogP contribution < -0.4 is 10.5 Å². The van der Waals surface area contributed by atoms with Gasteiger partial charge in [-0.25, -0.2) is 4.57 Å². The molecule has 176 valence electrons. The van der Waals surface area contributed by atoms with E-state index in [2.05, 4.69) is 37.3 Å². The van der Waals surface area contributed by atoms with Crippen LogP contribution in [0.25, 0.3) is 0 Å². The van der Waals surface area contributed by atoms with E-state index in [1.165, 1.54) is 43.2 Å². The van der Waals surface area contributed by atoms with Crippen molar-refractivity contribution in [3.63, 3.8) is 0 Å². The van der Waals surface area contributed by atoms with Crippen LogP contribution in [0.3, 0.4) is 0 Å². The Labute approximate surface area is 191 Å². The fourth-order valence-electron chi connectivity index (χ4n) is 3.85. The third-order valence-electron chi connectivity index (χ3n) is 5.80. The summed E-state index contributed by atoms with van der Waals surface area (Å²) in [5.41, 5.74) is 8.00. The lowest BCUT2D eigenvalue weighted by molar-refractivity contribution is 0.0362. The van der Waals surface area contributed by atoms with Gasteiger partial charge in [0, 0.05) is 0 Å². The van der Waals surface area contributed by atoms with Crippen LogP contribution in [0.5, 0.6) is 11.5 Å². The minimum Gasteiger partial charge on any atom is -0.457 e. The van der Waals surface area contributed by atoms with E-state index in [1.807, 2.05) is 18.2 Å². The fourth-order valence-corrected chi connectivity index (χ4v) is 4.76. The molecule has 2 aromatic rings. The van der Waals surface area contributed by atoms with Gasteiger partial charge in [0.05, 0.1) is 18.8 Å². The quantitative estimate of drug-likeness (QED) is 0.291. The molecule has 6 nitrogen and oxygen atoms in total. The van der Waals surface area contributed by atoms with Gasteiger partial charge in [0.2, 0.25) is 0 Å². The van der Waals surface area contributed by atoms with Gasteiger partial charge in [-0.05, 0) is 67.5 Å². The Hall–Kier alpha value is -1.69. The summed E-state index contributed by atoms with van der Waals surface area (Å²) in [7, 11) is -3.90. The van der Waals surface area contributed by atoms with Gasteiger partial charge in [-0.1, -0.05) is 56.9 Å². The van der Waals surface area contributed by atoms with Crippen molar-refractivity contribution < 1.29 is 23.2 Å². The van der Waals surface area contributed by atoms with Crippen LogP contribution in [0.15, 0.2) is 48.5 Å². The Bertz CT molecular complexity index is 874. The van der Waals surface area contributed by atoms with Crippen LogP contribution in [-0.2, 0) is 26.5 Å². The number of aryl methyl sites for hydroxylation is 2. The maximum Gasteiger partial charge on any atom is 0.472 e. The molecule has 1 aliphatic heterocycles. The lowest BCUT2D eigenvalue weighted by Gasteiger charge is -2.34. The Balaban J connectivity index is 1.43. The molecule has 1 saturated heterocycles. The van der Waals surface area contributed by atoms with E-state index < -0.39 is 13.4 Å². The molecule has 0 aliphatic carbocycles. The second-order valence-corrected chi connectivity index (χ2v) is 10.2. The van der Waals surface area contributed by atoms with E-state index in [9.17, 15) is 9.46 Å². The molecular weight excluding hydrogens is 425 g/mol. The molecule has 1 heterocycles. The minimum atomic E-state index is -3.90. The predicted molar refractivity (Wildman–Crippen MR) is 127 cm³/mol. The van der Waals surface area contributed by atoms with Crippen molar-refractivity contribution in [2.45, 2.75) is 70.3 Å². The number of phosphoric ester groups is 1. The number of hydrogen-bond donors (Lipinski definition) is 2. The first-order chi connectivity index (χ1) is 15.4. The van der Waals surface area contributed by atoms with Gasteiger partial charge in [0.15, 0.2) is 0 Å². The van der Waals surface area contributed by atoms with E-state index in [4.69, 9.17) is 19.5 Å². The molecular formula is C25H36NO5P. The average molecular weight is 462 g/mol. The highest BCUT2D eigenvalue weighted by Gasteiger charge is 2.38. The molecule has 3 rings (SSSR count). The SMILES string of the molecule is CCCCCCCc1cccc(Oc2ccc(CCCC3(N)COP(=O)(O)OC3)cc2)c1. The zero-order valence-electron chi connectivity index (χ0n) is 19.0. The van der Waals surface area contributed by atoms with Crippen molar-refractivity contribution in [1.82, 2.24) is 0 Å². The van der Waals surface area contributed by atoms with Gasteiger partial charge in [0.1, 0.15) is 11.5 Å². The average Bonchev–Trinajstić information content (AvgIpc) is 2.78. The summed E-state index contributed by atoms with van der Waals surface area (Å²) in [6.45, 7) is 2.31. The largest absolute Gasteiger partial charge is 0.472 e. The molecule has 0 amide bonds. The Morgan fingerprint density at radius 3 is 2.34 bits per heavy atom. The van der Waals surface area contributed by atoms with Crippen molar-refractivity contribution >= 4 is 7.82 Å². The van der Waals surface area contributed by atoms with Crippen molar-refractivity contribution in [3.8, 4) is 11.5 Å². The molecule has 2 aromatic carbocycles. The number of nitrogens with two attached hydrogens (primary N) is 1. The summed E-state index contributed by atoms with van der Waals surface area (Å²) < 4.78 is 27.1. The third-order valence-corrected chi connectivity index (χ3v) is 6.71. The zero-order chi connectivity index (χ0) is 22.9. The lowest BCUT2D eigenvalue weighted by Crippen LogP contribution is -2.50. The molecule has 1 fully saturated rings. The Morgan fingerprint density at radius 2 is 1.62 bits per heavy atom. The van der Waals surface area contributed by atoms with E-state index in [1.54, 1.807) is 0 Å². The van der Waals surface area contributed by atoms with Crippen molar-refractivity contribution in [1.29, 1.82) is 0 Å². The summed E-state index contributed by atoms with van der Waals surface area (Å²) in [6, 6.07) is 16.4. The normalized spacial score (nSPS) is 23.2. The summed E-state index contributed by atoms with van der Waals surface area (Å²) in [6.07, 6.45) is 9.84. The summed E-state index contributed by atoms with van der Waals surface area (Å²) in [4.78, 5) is 9.27. The molecule has 3 N–H and O–H groups in total. The number of ether oxygens (including phenoxy) is 1. The van der Waals surface area contributed by atoms with Crippen LogP contribution in [0.1, 0.15) is 63.0 Å². The van der Waals surface area contributed by atoms with Crippen LogP contribution in [0, 0.1) is 0 Å². The maximum atomic E-state index is 11.3. The summed E-state index contributed by atoms with van der Waals surface area (Å²) >= 11 is 0. The van der Waals surface area contributed by atoms with E-state index in [0.29, 0.717) is 6.42 Å². The summed E-state index contributed by atoms with van der Waals surface area (Å²) in [5, 5.41) is 0. The van der Waals surface area contributed by atoms with E-state index in [-0.39, 0.29) is 13.2 Å². The van der Waals surface area contributed by atoms with E-state index in [0.717, 1.165) is 30.8 Å². The first-order valence-corrected chi connectivity index (χ1v) is 13.1. The van der Waals surface area contributed by atoms with Crippen LogP contribution >= 0.6 is 7.82 Å². The topological polar surface area (TPSA) is 91.0 Å². The Kier molecular flexibility index (Phi) is 9.33. The first-order valence-electron chi connectivity index (χ1n) is 11.6. The number of benzene rings is 2. The zero-order valence-corrected chi connectivity index (χ0v) is 19.9. The molecule has 0 unspecified atom stereocenters. The maximum absolute atomic E-state index is 11.3. The highest BCUT2D eigenvalue weighted by Crippen LogP contribution is 2.47. The van der Waals surface area contributed by atoms with Crippen LogP contribution in [0.2, 0.25) is 0 Å². The third kappa shape index (κ3) is 8.34. The molecule has 0 spiro atoms. The van der Waals surface area contributed by atoms with Gasteiger partial charge in [0.25, 0.3) is 0 Å². The highest BCUT2D eigenvalue weighted by molar-refractivity contribution is 7.47. The number of unbranched alkanes of at least 4 members (excludes halogenated alkanes) is 4. The van der Waals surface area contributed by atoms with Gasteiger partial charge in [-0.15, -0.1) is 0 Å². The smallest absolute Gasteiger partial charge is 0.457 e. The van der Waals surface area contributed by atoms with E-state index >= 15 is 0 Å². The molecule has 0 saturated carbocycles. The molecule has 0 aromatic heterocycles. The monoisotopic (exact) mass is 461 g/mol. The fraction of sp³-hybridized carbons (Fsp3) is 0.520. The van der Waals surface area contributed by atoms with Crippen molar-refractivity contribution in [3.05, 3.63) is 59.7 Å². The molecule has 0 atom stereocenters. The Morgan fingerprint density at radius 1 is 0.938 bits per heavy atom. The molecule has 0 radical (unpaired) electrons. The molecule has 7 heteroatoms. The number of rotatable bonds is 12. The van der Waals surface area contributed by atoms with Crippen LogP contribution in [-0.4, -0.2) is 23.6 Å². The summed E-state index contributed by atoms with van der Waals surface area (Å²) in [5.74, 6) is 1.68. The van der Waals surface area contributed by atoms with Crippen molar-refractivity contribution in [2.24, 2.45) is 5.73 Å². The van der Waals surface area contributed by atoms with Crippen LogP contribution in [0.4, 0.5) is 0 Å². The lowest BCUT2D eigenvalue weighted by atomic mass is 9.94. The second kappa shape index (κ2) is 12.0.